The third-order valence-electron chi connectivity index (χ3n) is 2.54. The largest absolute Gasteiger partial charge is 0.299 e. The fraction of sp³-hybridized carbons (Fsp3) is 0.455. The SMILES string of the molecule is CCN(CC)Cc1cccc(Br)c1[N+](=O)[O-]. The average Bonchev–Trinajstić information content (AvgIpc) is 2.25. The van der Waals surface area contributed by atoms with Crippen molar-refractivity contribution >= 4 is 21.6 Å². The lowest BCUT2D eigenvalue weighted by atomic mass is 10.1. The molecule has 0 aliphatic rings. The molecule has 0 aliphatic carbocycles. The minimum absolute atomic E-state index is 0.175. The maximum Gasteiger partial charge on any atom is 0.287 e. The number of rotatable bonds is 5. The molecule has 0 unspecified atom stereocenters. The first-order valence-corrected chi connectivity index (χ1v) is 6.03. The van der Waals surface area contributed by atoms with Gasteiger partial charge in [0.2, 0.25) is 0 Å². The van der Waals surface area contributed by atoms with Crippen molar-refractivity contribution in [1.82, 2.24) is 4.90 Å². The summed E-state index contributed by atoms with van der Waals surface area (Å²) >= 11 is 3.22. The quantitative estimate of drug-likeness (QED) is 0.617. The number of para-hydroxylation sites is 1. The van der Waals surface area contributed by atoms with Crippen LogP contribution in [0.1, 0.15) is 19.4 Å². The van der Waals surface area contributed by atoms with Crippen LogP contribution in [-0.2, 0) is 6.54 Å². The van der Waals surface area contributed by atoms with Gasteiger partial charge in [0, 0.05) is 12.1 Å². The predicted octanol–water partition coefficient (Wildman–Crippen LogP) is 3.20. The molecule has 0 bridgehead atoms. The van der Waals surface area contributed by atoms with Crippen LogP contribution in [0.25, 0.3) is 0 Å². The van der Waals surface area contributed by atoms with E-state index in [1.54, 1.807) is 12.1 Å². The van der Waals surface area contributed by atoms with Crippen molar-refractivity contribution in [3.63, 3.8) is 0 Å². The van der Waals surface area contributed by atoms with Gasteiger partial charge < -0.3 is 0 Å². The summed E-state index contributed by atoms with van der Waals surface area (Å²) in [7, 11) is 0. The molecule has 16 heavy (non-hydrogen) atoms. The molecule has 0 radical (unpaired) electrons. The van der Waals surface area contributed by atoms with Crippen LogP contribution in [0.5, 0.6) is 0 Å². The number of nitrogens with zero attached hydrogens (tertiary/aromatic N) is 2. The molecule has 0 heterocycles. The molecule has 5 heteroatoms. The highest BCUT2D eigenvalue weighted by molar-refractivity contribution is 9.10. The van der Waals surface area contributed by atoms with Crippen molar-refractivity contribution in [3.8, 4) is 0 Å². The molecule has 0 fully saturated rings. The molecule has 0 N–H and O–H groups in total. The monoisotopic (exact) mass is 286 g/mol. The molecule has 0 amide bonds. The van der Waals surface area contributed by atoms with E-state index in [0.29, 0.717) is 11.0 Å². The number of nitro groups is 1. The average molecular weight is 287 g/mol. The van der Waals surface area contributed by atoms with Gasteiger partial charge in [-0.05, 0) is 35.1 Å². The Balaban J connectivity index is 3.03. The molecule has 0 spiro atoms. The zero-order valence-electron chi connectivity index (χ0n) is 9.44. The maximum absolute atomic E-state index is 11.0. The highest BCUT2D eigenvalue weighted by Gasteiger charge is 2.18. The lowest BCUT2D eigenvalue weighted by molar-refractivity contribution is -0.386. The second-order valence-corrected chi connectivity index (χ2v) is 4.32. The second kappa shape index (κ2) is 5.96. The molecule has 0 saturated carbocycles. The standard InChI is InChI=1S/C11H15BrN2O2/c1-3-13(4-2)8-9-6-5-7-10(12)11(9)14(15)16/h5-7H,3-4,8H2,1-2H3. The second-order valence-electron chi connectivity index (χ2n) is 3.47. The van der Waals surface area contributed by atoms with Gasteiger partial charge in [-0.15, -0.1) is 0 Å². The van der Waals surface area contributed by atoms with Crippen molar-refractivity contribution in [2.45, 2.75) is 20.4 Å². The summed E-state index contributed by atoms with van der Waals surface area (Å²) in [5.41, 5.74) is 0.928. The summed E-state index contributed by atoms with van der Waals surface area (Å²) < 4.78 is 0.544. The lowest BCUT2D eigenvalue weighted by Gasteiger charge is -2.18. The van der Waals surface area contributed by atoms with Crippen LogP contribution in [0.3, 0.4) is 0 Å². The minimum Gasteiger partial charge on any atom is -0.299 e. The Hall–Kier alpha value is -0.940. The van der Waals surface area contributed by atoms with Crippen LogP contribution in [0.15, 0.2) is 22.7 Å². The molecular weight excluding hydrogens is 272 g/mol. The van der Waals surface area contributed by atoms with Crippen molar-refractivity contribution in [2.75, 3.05) is 13.1 Å². The Morgan fingerprint density at radius 2 is 2.00 bits per heavy atom. The Bertz CT molecular complexity index is 378. The number of hydrogen-bond acceptors (Lipinski definition) is 3. The van der Waals surface area contributed by atoms with E-state index in [0.717, 1.165) is 18.7 Å². The summed E-state index contributed by atoms with van der Waals surface area (Å²) in [5.74, 6) is 0. The van der Waals surface area contributed by atoms with Crippen molar-refractivity contribution in [2.24, 2.45) is 0 Å². The van der Waals surface area contributed by atoms with Crippen LogP contribution >= 0.6 is 15.9 Å². The van der Waals surface area contributed by atoms with Gasteiger partial charge in [-0.1, -0.05) is 26.0 Å². The molecule has 0 atom stereocenters. The van der Waals surface area contributed by atoms with E-state index in [4.69, 9.17) is 0 Å². The number of benzene rings is 1. The normalized spacial score (nSPS) is 10.8. The van der Waals surface area contributed by atoms with Crippen molar-refractivity contribution in [3.05, 3.63) is 38.3 Å². The Morgan fingerprint density at radius 3 is 2.50 bits per heavy atom. The molecule has 1 rings (SSSR count). The highest BCUT2D eigenvalue weighted by Crippen LogP contribution is 2.29. The fourth-order valence-electron chi connectivity index (χ4n) is 1.58. The van der Waals surface area contributed by atoms with E-state index in [-0.39, 0.29) is 10.6 Å². The topological polar surface area (TPSA) is 46.4 Å². The molecule has 0 saturated heterocycles. The van der Waals surface area contributed by atoms with Gasteiger partial charge in [0.25, 0.3) is 5.69 Å². The Labute approximate surface area is 104 Å². The van der Waals surface area contributed by atoms with Gasteiger partial charge in [0.1, 0.15) is 0 Å². The van der Waals surface area contributed by atoms with Crippen LogP contribution in [0.2, 0.25) is 0 Å². The summed E-state index contributed by atoms with van der Waals surface area (Å²) in [6.07, 6.45) is 0. The first kappa shape index (κ1) is 13.1. The molecule has 4 nitrogen and oxygen atoms in total. The van der Waals surface area contributed by atoms with Crippen LogP contribution < -0.4 is 0 Å². The maximum atomic E-state index is 11.0. The summed E-state index contributed by atoms with van der Waals surface area (Å²) in [5, 5.41) is 11.0. The minimum atomic E-state index is -0.330. The van der Waals surface area contributed by atoms with Gasteiger partial charge >= 0.3 is 0 Å². The van der Waals surface area contributed by atoms with Crippen LogP contribution in [0, 0.1) is 10.1 Å². The van der Waals surface area contributed by atoms with Crippen molar-refractivity contribution < 1.29 is 4.92 Å². The molecule has 1 aromatic rings. The molecule has 0 aliphatic heterocycles. The third-order valence-corrected chi connectivity index (χ3v) is 3.18. The van der Waals surface area contributed by atoms with Gasteiger partial charge in [-0.25, -0.2) is 0 Å². The molecule has 88 valence electrons. The zero-order valence-corrected chi connectivity index (χ0v) is 11.0. The zero-order chi connectivity index (χ0) is 12.1. The van der Waals surface area contributed by atoms with Gasteiger partial charge in [0.15, 0.2) is 0 Å². The number of halogens is 1. The van der Waals surface area contributed by atoms with E-state index >= 15 is 0 Å². The lowest BCUT2D eigenvalue weighted by Crippen LogP contribution is -2.22. The Morgan fingerprint density at radius 1 is 1.38 bits per heavy atom. The van der Waals surface area contributed by atoms with E-state index < -0.39 is 0 Å². The first-order chi connectivity index (χ1) is 7.60. The summed E-state index contributed by atoms with van der Waals surface area (Å²) in [6, 6.07) is 5.33. The Kier molecular flexibility index (Phi) is 4.89. The van der Waals surface area contributed by atoms with E-state index in [1.807, 2.05) is 19.9 Å². The molecule has 1 aromatic carbocycles. The van der Waals surface area contributed by atoms with E-state index in [9.17, 15) is 10.1 Å². The number of nitro benzene ring substituents is 1. The smallest absolute Gasteiger partial charge is 0.287 e. The summed E-state index contributed by atoms with van der Waals surface area (Å²) in [4.78, 5) is 12.8. The van der Waals surface area contributed by atoms with Gasteiger partial charge in [-0.3, -0.25) is 15.0 Å². The van der Waals surface area contributed by atoms with Crippen molar-refractivity contribution in [1.29, 1.82) is 0 Å². The van der Waals surface area contributed by atoms with Crippen LogP contribution in [0.4, 0.5) is 5.69 Å². The highest BCUT2D eigenvalue weighted by atomic mass is 79.9. The summed E-state index contributed by atoms with van der Waals surface area (Å²) in [6.45, 7) is 6.49. The predicted molar refractivity (Wildman–Crippen MR) is 67.4 cm³/mol. The van der Waals surface area contributed by atoms with Gasteiger partial charge in [0.05, 0.1) is 9.40 Å². The molecule has 0 aromatic heterocycles. The number of hydrogen-bond donors (Lipinski definition) is 0. The van der Waals surface area contributed by atoms with E-state index in [2.05, 4.69) is 20.8 Å². The molecular formula is C11H15BrN2O2. The van der Waals surface area contributed by atoms with E-state index in [1.165, 1.54) is 0 Å². The van der Waals surface area contributed by atoms with Crippen LogP contribution in [-0.4, -0.2) is 22.9 Å². The first-order valence-electron chi connectivity index (χ1n) is 5.24. The van der Waals surface area contributed by atoms with Gasteiger partial charge in [-0.2, -0.15) is 0 Å². The fourth-order valence-corrected chi connectivity index (χ4v) is 2.13. The third kappa shape index (κ3) is 3.02.